The van der Waals surface area contributed by atoms with Gasteiger partial charge in [-0.2, -0.15) is 0 Å². The summed E-state index contributed by atoms with van der Waals surface area (Å²) >= 11 is 6.54. The summed E-state index contributed by atoms with van der Waals surface area (Å²) in [4.78, 5) is 0.255. The predicted octanol–water partition coefficient (Wildman–Crippen LogP) is 3.54. The summed E-state index contributed by atoms with van der Waals surface area (Å²) in [6.07, 6.45) is 0. The van der Waals surface area contributed by atoms with Crippen LogP contribution in [0.25, 0.3) is 0 Å². The minimum Gasteiger partial charge on any atom is -0.211 e. The number of halogens is 2. The molecule has 0 atom stereocenters. The third-order valence-corrected chi connectivity index (χ3v) is 4.85. The molecule has 0 heterocycles. The van der Waals surface area contributed by atoms with Gasteiger partial charge >= 0.3 is 0 Å². The Balaban J connectivity index is 2.98. The Morgan fingerprint density at radius 2 is 1.82 bits per heavy atom. The number of hydrogen-bond acceptors (Lipinski definition) is 2. The zero-order chi connectivity index (χ0) is 13.3. The fourth-order valence-electron chi connectivity index (χ4n) is 1.08. The Morgan fingerprint density at radius 1 is 1.24 bits per heavy atom. The largest absolute Gasteiger partial charge is 0.241 e. The van der Waals surface area contributed by atoms with Gasteiger partial charge in [0.1, 0.15) is 0 Å². The summed E-state index contributed by atoms with van der Waals surface area (Å²) in [6, 6.07) is 4.99. The van der Waals surface area contributed by atoms with Crippen molar-refractivity contribution in [1.29, 1.82) is 0 Å². The van der Waals surface area contributed by atoms with Gasteiger partial charge in [-0.05, 0) is 39.5 Å². The molecule has 0 aromatic heterocycles. The van der Waals surface area contributed by atoms with Gasteiger partial charge in [0.25, 0.3) is 0 Å². The van der Waals surface area contributed by atoms with E-state index in [1.807, 2.05) is 20.8 Å². The minimum absolute atomic E-state index is 0.0884. The van der Waals surface area contributed by atoms with Crippen LogP contribution in [0.4, 0.5) is 0 Å². The van der Waals surface area contributed by atoms with Crippen LogP contribution in [0.1, 0.15) is 20.8 Å². The molecular formula is C11H15Br2NO2S. The molecule has 96 valence electrons. The summed E-state index contributed by atoms with van der Waals surface area (Å²) in [5.74, 6) is 0. The second-order valence-corrected chi connectivity index (χ2v) is 8.47. The Morgan fingerprint density at radius 3 is 2.29 bits per heavy atom. The molecule has 0 amide bonds. The van der Waals surface area contributed by atoms with Crippen LogP contribution in [-0.2, 0) is 10.0 Å². The Bertz CT molecular complexity index is 507. The van der Waals surface area contributed by atoms with Gasteiger partial charge in [0.15, 0.2) is 0 Å². The van der Waals surface area contributed by atoms with E-state index in [1.165, 1.54) is 0 Å². The smallest absolute Gasteiger partial charge is 0.211 e. The van der Waals surface area contributed by atoms with Gasteiger partial charge in [0.05, 0.1) is 4.90 Å². The summed E-state index contributed by atoms with van der Waals surface area (Å²) in [5.41, 5.74) is -0.0884. The van der Waals surface area contributed by atoms with E-state index in [0.29, 0.717) is 11.0 Å². The Labute approximate surface area is 119 Å². The molecule has 6 heteroatoms. The molecule has 1 N–H and O–H groups in total. The highest BCUT2D eigenvalue weighted by atomic mass is 79.9. The lowest BCUT2D eigenvalue weighted by atomic mass is 9.98. The second-order valence-electron chi connectivity index (χ2n) is 4.96. The van der Waals surface area contributed by atoms with E-state index in [9.17, 15) is 8.42 Å². The van der Waals surface area contributed by atoms with Crippen molar-refractivity contribution in [2.45, 2.75) is 25.7 Å². The third kappa shape index (κ3) is 4.69. The normalized spacial score (nSPS) is 12.8. The third-order valence-electron chi connectivity index (χ3n) is 1.98. The first-order chi connectivity index (χ1) is 7.62. The maximum absolute atomic E-state index is 12.1. The molecule has 0 aliphatic heterocycles. The first-order valence-electron chi connectivity index (χ1n) is 5.06. The topological polar surface area (TPSA) is 46.2 Å². The van der Waals surface area contributed by atoms with Gasteiger partial charge in [-0.25, -0.2) is 13.1 Å². The van der Waals surface area contributed by atoms with Gasteiger partial charge in [0.2, 0.25) is 10.0 Å². The van der Waals surface area contributed by atoms with Gasteiger partial charge in [-0.1, -0.05) is 36.7 Å². The van der Waals surface area contributed by atoms with Crippen molar-refractivity contribution in [3.05, 3.63) is 27.1 Å². The van der Waals surface area contributed by atoms with Crippen molar-refractivity contribution in [3.63, 3.8) is 0 Å². The molecule has 0 aliphatic carbocycles. The lowest BCUT2D eigenvalue weighted by Gasteiger charge is -2.19. The number of benzene rings is 1. The number of hydrogen-bond donors (Lipinski definition) is 1. The summed E-state index contributed by atoms with van der Waals surface area (Å²) < 4.78 is 28.1. The highest BCUT2D eigenvalue weighted by Gasteiger charge is 2.20. The van der Waals surface area contributed by atoms with Crippen molar-refractivity contribution in [3.8, 4) is 0 Å². The van der Waals surface area contributed by atoms with E-state index in [-0.39, 0.29) is 10.3 Å². The maximum atomic E-state index is 12.1. The van der Waals surface area contributed by atoms with Crippen molar-refractivity contribution < 1.29 is 8.42 Å². The van der Waals surface area contributed by atoms with Crippen LogP contribution in [0, 0.1) is 5.41 Å². The molecule has 0 fully saturated rings. The van der Waals surface area contributed by atoms with Gasteiger partial charge in [-0.15, -0.1) is 0 Å². The number of nitrogens with one attached hydrogen (secondary N) is 1. The van der Waals surface area contributed by atoms with Crippen LogP contribution < -0.4 is 4.72 Å². The first kappa shape index (κ1) is 15.1. The molecule has 17 heavy (non-hydrogen) atoms. The molecule has 0 spiro atoms. The zero-order valence-corrected chi connectivity index (χ0v) is 13.9. The second kappa shape index (κ2) is 5.38. The van der Waals surface area contributed by atoms with Crippen molar-refractivity contribution in [2.75, 3.05) is 6.54 Å². The van der Waals surface area contributed by atoms with Crippen LogP contribution >= 0.6 is 31.9 Å². The zero-order valence-electron chi connectivity index (χ0n) is 9.92. The molecule has 0 saturated carbocycles. The summed E-state index contributed by atoms with van der Waals surface area (Å²) in [7, 11) is -3.46. The standard InChI is InChI=1S/C11H15Br2NO2S/c1-11(2,3)7-14-17(15,16)10-5-4-8(12)6-9(10)13/h4-6,14H,7H2,1-3H3. The first-order valence-corrected chi connectivity index (χ1v) is 8.13. The molecule has 0 unspecified atom stereocenters. The summed E-state index contributed by atoms with van der Waals surface area (Å²) in [5, 5.41) is 0. The average molecular weight is 385 g/mol. The average Bonchev–Trinajstić information content (AvgIpc) is 2.13. The Kier molecular flexibility index (Phi) is 4.80. The SMILES string of the molecule is CC(C)(C)CNS(=O)(=O)c1ccc(Br)cc1Br. The minimum atomic E-state index is -3.46. The van der Waals surface area contributed by atoms with E-state index in [4.69, 9.17) is 0 Å². The van der Waals surface area contributed by atoms with Gasteiger partial charge in [0, 0.05) is 15.5 Å². The fourth-order valence-corrected chi connectivity index (χ4v) is 4.11. The molecule has 1 aromatic rings. The van der Waals surface area contributed by atoms with Crippen LogP contribution in [0.15, 0.2) is 32.0 Å². The van der Waals surface area contributed by atoms with Crippen molar-refractivity contribution >= 4 is 41.9 Å². The van der Waals surface area contributed by atoms with E-state index in [2.05, 4.69) is 36.6 Å². The number of rotatable bonds is 3. The predicted molar refractivity (Wildman–Crippen MR) is 76.5 cm³/mol. The highest BCUT2D eigenvalue weighted by Crippen LogP contribution is 2.26. The molecule has 0 radical (unpaired) electrons. The molecule has 1 rings (SSSR count). The molecule has 0 saturated heterocycles. The van der Waals surface area contributed by atoms with Crippen LogP contribution in [0.3, 0.4) is 0 Å². The van der Waals surface area contributed by atoms with E-state index in [0.717, 1.165) is 4.47 Å². The van der Waals surface area contributed by atoms with Crippen LogP contribution in [-0.4, -0.2) is 15.0 Å². The molecule has 1 aromatic carbocycles. The van der Waals surface area contributed by atoms with Gasteiger partial charge in [-0.3, -0.25) is 0 Å². The van der Waals surface area contributed by atoms with Crippen molar-refractivity contribution in [2.24, 2.45) is 5.41 Å². The van der Waals surface area contributed by atoms with Crippen molar-refractivity contribution in [1.82, 2.24) is 4.72 Å². The lowest BCUT2D eigenvalue weighted by Crippen LogP contribution is -2.32. The molecule has 0 bridgehead atoms. The fraction of sp³-hybridized carbons (Fsp3) is 0.455. The maximum Gasteiger partial charge on any atom is 0.241 e. The van der Waals surface area contributed by atoms with E-state index in [1.54, 1.807) is 18.2 Å². The Hall–Kier alpha value is 0.0900. The monoisotopic (exact) mass is 383 g/mol. The van der Waals surface area contributed by atoms with E-state index < -0.39 is 10.0 Å². The molecule has 0 aliphatic rings. The van der Waals surface area contributed by atoms with E-state index >= 15 is 0 Å². The number of sulfonamides is 1. The van der Waals surface area contributed by atoms with Gasteiger partial charge < -0.3 is 0 Å². The van der Waals surface area contributed by atoms with Crippen LogP contribution in [0.5, 0.6) is 0 Å². The lowest BCUT2D eigenvalue weighted by molar-refractivity contribution is 0.407. The van der Waals surface area contributed by atoms with Crippen LogP contribution in [0.2, 0.25) is 0 Å². The summed E-state index contributed by atoms with van der Waals surface area (Å²) in [6.45, 7) is 6.34. The molecular weight excluding hydrogens is 370 g/mol. The highest BCUT2D eigenvalue weighted by molar-refractivity contribution is 9.11. The quantitative estimate of drug-likeness (QED) is 0.866. The molecule has 3 nitrogen and oxygen atoms in total.